The third kappa shape index (κ3) is 4.85. The lowest BCUT2D eigenvalue weighted by Crippen LogP contribution is -2.20. The van der Waals surface area contributed by atoms with Gasteiger partial charge in [-0.3, -0.25) is 9.78 Å². The molecule has 0 saturated heterocycles. The van der Waals surface area contributed by atoms with E-state index in [9.17, 15) is 4.79 Å². The SMILES string of the molecule is CCCCN(C)c1ccnc(C(=O)Nc2cc(Cl)ccc2Cl)c1. The number of halogens is 2. The normalized spacial score (nSPS) is 10.4. The second-order valence-corrected chi connectivity index (χ2v) is 6.10. The summed E-state index contributed by atoms with van der Waals surface area (Å²) in [6.45, 7) is 3.08. The molecular formula is C17H19Cl2N3O. The molecule has 1 N–H and O–H groups in total. The first-order chi connectivity index (χ1) is 11.0. The highest BCUT2D eigenvalue weighted by Crippen LogP contribution is 2.26. The summed E-state index contributed by atoms with van der Waals surface area (Å²) in [6.07, 6.45) is 3.85. The first kappa shape index (κ1) is 17.6. The van der Waals surface area contributed by atoms with E-state index in [1.165, 1.54) is 0 Å². The van der Waals surface area contributed by atoms with Gasteiger partial charge in [0, 0.05) is 30.5 Å². The van der Waals surface area contributed by atoms with E-state index in [4.69, 9.17) is 23.2 Å². The van der Waals surface area contributed by atoms with E-state index < -0.39 is 0 Å². The van der Waals surface area contributed by atoms with Gasteiger partial charge in [0.1, 0.15) is 5.69 Å². The number of carbonyl (C=O) groups is 1. The molecule has 0 aliphatic heterocycles. The van der Waals surface area contributed by atoms with E-state index in [1.54, 1.807) is 30.5 Å². The molecule has 0 saturated carbocycles. The van der Waals surface area contributed by atoms with Crippen LogP contribution in [0.4, 0.5) is 11.4 Å². The minimum atomic E-state index is -0.320. The molecule has 0 radical (unpaired) electrons. The Labute approximate surface area is 146 Å². The van der Waals surface area contributed by atoms with Gasteiger partial charge in [0.15, 0.2) is 0 Å². The van der Waals surface area contributed by atoms with Crippen LogP contribution in [-0.4, -0.2) is 24.5 Å². The van der Waals surface area contributed by atoms with Gasteiger partial charge >= 0.3 is 0 Å². The Morgan fingerprint density at radius 2 is 2.04 bits per heavy atom. The van der Waals surface area contributed by atoms with Gasteiger partial charge in [-0.2, -0.15) is 0 Å². The number of anilines is 2. The third-order valence-electron chi connectivity index (χ3n) is 3.44. The van der Waals surface area contributed by atoms with Crippen molar-refractivity contribution >= 4 is 40.5 Å². The van der Waals surface area contributed by atoms with Crippen molar-refractivity contribution in [1.29, 1.82) is 0 Å². The van der Waals surface area contributed by atoms with Crippen LogP contribution in [0.5, 0.6) is 0 Å². The maximum atomic E-state index is 12.4. The fraction of sp³-hybridized carbons (Fsp3) is 0.294. The van der Waals surface area contributed by atoms with Crippen LogP contribution >= 0.6 is 23.2 Å². The Morgan fingerprint density at radius 1 is 1.26 bits per heavy atom. The highest BCUT2D eigenvalue weighted by molar-refractivity contribution is 6.35. The summed E-state index contributed by atoms with van der Waals surface area (Å²) in [4.78, 5) is 18.6. The molecule has 0 spiro atoms. The van der Waals surface area contributed by atoms with Crippen LogP contribution < -0.4 is 10.2 Å². The summed E-state index contributed by atoms with van der Waals surface area (Å²) in [5, 5.41) is 3.68. The Morgan fingerprint density at radius 3 is 2.78 bits per heavy atom. The van der Waals surface area contributed by atoms with Crippen LogP contribution in [0.25, 0.3) is 0 Å². The lowest BCUT2D eigenvalue weighted by atomic mass is 10.2. The van der Waals surface area contributed by atoms with Crippen LogP contribution in [0.1, 0.15) is 30.3 Å². The Balaban J connectivity index is 2.15. The molecule has 1 aromatic heterocycles. The van der Waals surface area contributed by atoms with Gasteiger partial charge in [-0.1, -0.05) is 36.5 Å². The van der Waals surface area contributed by atoms with Crippen LogP contribution in [0.3, 0.4) is 0 Å². The zero-order valence-electron chi connectivity index (χ0n) is 13.1. The van der Waals surface area contributed by atoms with Gasteiger partial charge in [-0.15, -0.1) is 0 Å². The zero-order valence-corrected chi connectivity index (χ0v) is 14.7. The molecule has 2 aromatic rings. The highest BCUT2D eigenvalue weighted by atomic mass is 35.5. The van der Waals surface area contributed by atoms with E-state index >= 15 is 0 Å². The number of pyridine rings is 1. The van der Waals surface area contributed by atoms with E-state index in [2.05, 4.69) is 22.1 Å². The van der Waals surface area contributed by atoms with Gasteiger partial charge in [0.2, 0.25) is 0 Å². The fourth-order valence-corrected chi connectivity index (χ4v) is 2.42. The second-order valence-electron chi connectivity index (χ2n) is 5.25. The number of aromatic nitrogens is 1. The van der Waals surface area contributed by atoms with Crippen LogP contribution in [-0.2, 0) is 0 Å². The van der Waals surface area contributed by atoms with E-state index in [1.807, 2.05) is 13.1 Å². The largest absolute Gasteiger partial charge is 0.374 e. The Hall–Kier alpha value is -1.78. The van der Waals surface area contributed by atoms with Crippen LogP contribution in [0, 0.1) is 0 Å². The minimum Gasteiger partial charge on any atom is -0.374 e. The molecule has 1 amide bonds. The maximum Gasteiger partial charge on any atom is 0.274 e. The Bertz CT molecular complexity index is 691. The van der Waals surface area contributed by atoms with Gasteiger partial charge in [0.25, 0.3) is 5.91 Å². The molecule has 0 fully saturated rings. The topological polar surface area (TPSA) is 45.2 Å². The minimum absolute atomic E-state index is 0.320. The summed E-state index contributed by atoms with van der Waals surface area (Å²) in [6, 6.07) is 8.57. The molecule has 122 valence electrons. The predicted molar refractivity (Wildman–Crippen MR) is 96.8 cm³/mol. The van der Waals surface area contributed by atoms with Crippen molar-refractivity contribution in [3.8, 4) is 0 Å². The molecule has 23 heavy (non-hydrogen) atoms. The molecule has 2 rings (SSSR count). The summed E-state index contributed by atoms with van der Waals surface area (Å²) < 4.78 is 0. The van der Waals surface area contributed by atoms with Crippen molar-refractivity contribution in [2.75, 3.05) is 23.8 Å². The number of nitrogens with zero attached hydrogens (tertiary/aromatic N) is 2. The van der Waals surface area contributed by atoms with Crippen molar-refractivity contribution < 1.29 is 4.79 Å². The lowest BCUT2D eigenvalue weighted by Gasteiger charge is -2.19. The summed E-state index contributed by atoms with van der Waals surface area (Å²) in [7, 11) is 2.00. The summed E-state index contributed by atoms with van der Waals surface area (Å²) in [5.74, 6) is -0.320. The summed E-state index contributed by atoms with van der Waals surface area (Å²) >= 11 is 12.0. The first-order valence-corrected chi connectivity index (χ1v) is 8.20. The second kappa shape index (κ2) is 8.18. The number of benzene rings is 1. The van der Waals surface area contributed by atoms with Crippen LogP contribution in [0.15, 0.2) is 36.5 Å². The van der Waals surface area contributed by atoms with Gasteiger partial charge in [0.05, 0.1) is 10.7 Å². The number of rotatable bonds is 6. The van der Waals surface area contributed by atoms with Gasteiger partial charge in [-0.05, 0) is 36.8 Å². The first-order valence-electron chi connectivity index (χ1n) is 7.45. The molecule has 4 nitrogen and oxygen atoms in total. The molecule has 0 aliphatic carbocycles. The zero-order chi connectivity index (χ0) is 16.8. The average Bonchev–Trinajstić information content (AvgIpc) is 2.56. The van der Waals surface area contributed by atoms with E-state index in [0.717, 1.165) is 25.1 Å². The van der Waals surface area contributed by atoms with Crippen molar-refractivity contribution in [2.24, 2.45) is 0 Å². The lowest BCUT2D eigenvalue weighted by molar-refractivity contribution is 0.102. The molecule has 0 aliphatic rings. The Kier molecular flexibility index (Phi) is 6.25. The number of hydrogen-bond acceptors (Lipinski definition) is 3. The molecular weight excluding hydrogens is 333 g/mol. The quantitative estimate of drug-likeness (QED) is 0.806. The maximum absolute atomic E-state index is 12.4. The average molecular weight is 352 g/mol. The monoisotopic (exact) mass is 351 g/mol. The van der Waals surface area contributed by atoms with Crippen molar-refractivity contribution in [3.05, 3.63) is 52.3 Å². The van der Waals surface area contributed by atoms with E-state index in [-0.39, 0.29) is 5.91 Å². The predicted octanol–water partition coefficient (Wildman–Crippen LogP) is 4.88. The molecule has 0 bridgehead atoms. The molecule has 6 heteroatoms. The smallest absolute Gasteiger partial charge is 0.274 e. The van der Waals surface area contributed by atoms with Gasteiger partial charge in [-0.25, -0.2) is 0 Å². The number of amides is 1. The highest BCUT2D eigenvalue weighted by Gasteiger charge is 2.12. The third-order valence-corrected chi connectivity index (χ3v) is 4.01. The van der Waals surface area contributed by atoms with Gasteiger partial charge < -0.3 is 10.2 Å². The molecule has 1 aromatic carbocycles. The molecule has 0 atom stereocenters. The molecule has 1 heterocycles. The standard InChI is InChI=1S/C17H19Cl2N3O/c1-3-4-9-22(2)13-7-8-20-16(11-13)17(23)21-15-10-12(18)5-6-14(15)19/h5-8,10-11H,3-4,9H2,1-2H3,(H,21,23). The van der Waals surface area contributed by atoms with E-state index in [0.29, 0.717) is 21.4 Å². The number of hydrogen-bond donors (Lipinski definition) is 1. The number of nitrogens with one attached hydrogen (secondary N) is 1. The fourth-order valence-electron chi connectivity index (χ4n) is 2.09. The van der Waals surface area contributed by atoms with Crippen molar-refractivity contribution in [3.63, 3.8) is 0 Å². The number of carbonyl (C=O) groups excluding carboxylic acids is 1. The summed E-state index contributed by atoms with van der Waals surface area (Å²) in [5.41, 5.74) is 1.76. The number of unbranched alkanes of at least 4 members (excludes halogenated alkanes) is 1. The molecule has 0 unspecified atom stereocenters. The van der Waals surface area contributed by atoms with Crippen molar-refractivity contribution in [1.82, 2.24) is 4.98 Å². The van der Waals surface area contributed by atoms with Crippen molar-refractivity contribution in [2.45, 2.75) is 19.8 Å². The van der Waals surface area contributed by atoms with Crippen LogP contribution in [0.2, 0.25) is 10.0 Å².